The number of hydrogen-bond acceptors (Lipinski definition) is 8. The second-order valence-corrected chi connectivity index (χ2v) is 17.5. The van der Waals surface area contributed by atoms with Gasteiger partial charge in [0.2, 0.25) is 0 Å². The van der Waals surface area contributed by atoms with Gasteiger partial charge in [-0.05, 0) is 142 Å². The molecule has 0 amide bonds. The van der Waals surface area contributed by atoms with E-state index in [1.54, 1.807) is 5.57 Å². The van der Waals surface area contributed by atoms with Gasteiger partial charge in [-0.2, -0.15) is 0 Å². The number of aliphatic hydroxyl groups excluding tert-OH is 8. The van der Waals surface area contributed by atoms with Crippen LogP contribution >= 0.6 is 0 Å². The molecule has 266 valence electrons. The molecule has 0 aromatic carbocycles. The molecule has 8 rings (SSSR count). The number of hydrogen-bond donors (Lipinski definition) is 8. The first kappa shape index (κ1) is 33.6. The van der Waals surface area contributed by atoms with Crippen LogP contribution in [0.4, 0.5) is 0 Å². The van der Waals surface area contributed by atoms with E-state index in [4.69, 9.17) is 0 Å². The van der Waals surface area contributed by atoms with Gasteiger partial charge in [-0.1, -0.05) is 34.4 Å². The molecule has 8 nitrogen and oxygen atoms in total. The van der Waals surface area contributed by atoms with E-state index in [-0.39, 0.29) is 35.3 Å². The molecule has 0 aromatic rings. The Labute approximate surface area is 285 Å². The third kappa shape index (κ3) is 6.20. The van der Waals surface area contributed by atoms with Gasteiger partial charge in [-0.15, -0.1) is 0 Å². The Morgan fingerprint density at radius 3 is 1.77 bits per heavy atom. The molecule has 0 radical (unpaired) electrons. The van der Waals surface area contributed by atoms with Crippen molar-refractivity contribution in [3.05, 3.63) is 46.3 Å². The minimum Gasteiger partial charge on any atom is -0.513 e. The average Bonchev–Trinajstić information content (AvgIpc) is 3.01. The van der Waals surface area contributed by atoms with E-state index in [9.17, 15) is 40.9 Å². The standard InChI is InChI=1S/C40H58O8/c41-23-5-19(6-24(42)13-23)35-17-37(21-9-27(45)15-28(46)10-21)33-3-4-34-38(22-11-29(47)16-30(48)12-22)18-36(20-7-25(43)14-26(44)8-20)32-2-1-31(35)39(33)40(32)34/h5,7,9,19,22,24-30,32-38,40-48H,1-4,6,8,10-18H2/t19?,22?,24?,25?,26?,27?,28?,29?,30?,32?,33?,34-,35?,36?,37?,38?,40?/m0/s1. The summed E-state index contributed by atoms with van der Waals surface area (Å²) in [6.07, 6.45) is 12.7. The number of aliphatic hydroxyl groups is 8. The van der Waals surface area contributed by atoms with Crippen molar-refractivity contribution in [2.75, 3.05) is 0 Å². The van der Waals surface area contributed by atoms with E-state index in [0.717, 1.165) is 44.1 Å². The predicted molar refractivity (Wildman–Crippen MR) is 180 cm³/mol. The Morgan fingerprint density at radius 2 is 1.12 bits per heavy atom. The molecule has 8 N–H and O–H groups in total. The molecule has 0 saturated heterocycles. The smallest absolute Gasteiger partial charge is 0.0911 e. The lowest BCUT2D eigenvalue weighted by atomic mass is 9.44. The fraction of sp³-hybridized carbons (Fsp3) is 0.800. The molecular formula is C40H58O8. The lowest BCUT2D eigenvalue weighted by molar-refractivity contribution is -0.0597. The van der Waals surface area contributed by atoms with Crippen molar-refractivity contribution in [3.63, 3.8) is 0 Å². The topological polar surface area (TPSA) is 162 Å². The van der Waals surface area contributed by atoms with Crippen molar-refractivity contribution in [3.8, 4) is 0 Å². The molecule has 16 atom stereocenters. The summed E-state index contributed by atoms with van der Waals surface area (Å²) < 4.78 is 0. The van der Waals surface area contributed by atoms with Crippen molar-refractivity contribution in [1.29, 1.82) is 0 Å². The van der Waals surface area contributed by atoms with Gasteiger partial charge in [0.15, 0.2) is 0 Å². The highest BCUT2D eigenvalue weighted by Crippen LogP contribution is 2.66. The Bertz CT molecular complexity index is 1340. The van der Waals surface area contributed by atoms with Crippen molar-refractivity contribution < 1.29 is 40.9 Å². The van der Waals surface area contributed by atoms with E-state index in [2.05, 4.69) is 0 Å². The number of allylic oxidation sites excluding steroid dienone is 3. The van der Waals surface area contributed by atoms with Crippen LogP contribution in [0.3, 0.4) is 0 Å². The summed E-state index contributed by atoms with van der Waals surface area (Å²) in [4.78, 5) is 0. The fourth-order valence-electron chi connectivity index (χ4n) is 13.2. The van der Waals surface area contributed by atoms with Crippen LogP contribution in [0.5, 0.6) is 0 Å². The van der Waals surface area contributed by atoms with Gasteiger partial charge in [-0.3, -0.25) is 0 Å². The van der Waals surface area contributed by atoms with Gasteiger partial charge in [0.05, 0.1) is 48.5 Å². The summed E-state index contributed by atoms with van der Waals surface area (Å²) in [7, 11) is 0. The summed E-state index contributed by atoms with van der Waals surface area (Å²) in [5.41, 5.74) is 5.43. The second-order valence-electron chi connectivity index (χ2n) is 17.5. The predicted octanol–water partition coefficient (Wildman–Crippen LogP) is 4.23. The lowest BCUT2D eigenvalue weighted by Crippen LogP contribution is -2.53. The Balaban J connectivity index is 1.24. The van der Waals surface area contributed by atoms with Gasteiger partial charge in [0.25, 0.3) is 0 Å². The van der Waals surface area contributed by atoms with Gasteiger partial charge in [0, 0.05) is 19.3 Å². The Kier molecular flexibility index (Phi) is 9.26. The van der Waals surface area contributed by atoms with E-state index in [1.165, 1.54) is 11.1 Å². The van der Waals surface area contributed by atoms with E-state index >= 15 is 0 Å². The summed E-state index contributed by atoms with van der Waals surface area (Å²) >= 11 is 0. The maximum absolute atomic E-state index is 10.9. The largest absolute Gasteiger partial charge is 0.513 e. The third-order valence-corrected chi connectivity index (χ3v) is 14.6. The average molecular weight is 667 g/mol. The SMILES string of the molecule is OC1=CC(C2CC(C3=CC(O)CC(O)C3)C3CC[C@H]4C(C5CC(O)CC(O)C5)CC(C5=CC(O)CC(O)C5)C5CCC2=C3C54)CC(O)C1. The van der Waals surface area contributed by atoms with Crippen LogP contribution in [0.1, 0.15) is 96.3 Å². The van der Waals surface area contributed by atoms with Crippen molar-refractivity contribution in [1.82, 2.24) is 0 Å². The minimum atomic E-state index is -0.655. The van der Waals surface area contributed by atoms with Crippen LogP contribution in [0.25, 0.3) is 0 Å². The molecule has 8 heteroatoms. The zero-order valence-corrected chi connectivity index (χ0v) is 28.2. The number of rotatable bonds is 4. The molecule has 0 aliphatic heterocycles. The monoisotopic (exact) mass is 666 g/mol. The van der Waals surface area contributed by atoms with Crippen molar-refractivity contribution >= 4 is 0 Å². The van der Waals surface area contributed by atoms with Gasteiger partial charge in [-0.25, -0.2) is 0 Å². The summed E-state index contributed by atoms with van der Waals surface area (Å²) in [6.45, 7) is 0. The molecule has 15 unspecified atom stereocenters. The molecule has 0 aromatic heterocycles. The van der Waals surface area contributed by atoms with Gasteiger partial charge >= 0.3 is 0 Å². The van der Waals surface area contributed by atoms with Crippen LogP contribution in [0, 0.1) is 59.2 Å². The summed E-state index contributed by atoms with van der Waals surface area (Å²) in [6, 6.07) is 0. The molecule has 0 bridgehead atoms. The van der Waals surface area contributed by atoms with Gasteiger partial charge < -0.3 is 40.9 Å². The molecule has 0 spiro atoms. The molecule has 0 heterocycles. The minimum absolute atomic E-state index is 0.0286. The maximum atomic E-state index is 10.9. The van der Waals surface area contributed by atoms with Gasteiger partial charge in [0.1, 0.15) is 0 Å². The third-order valence-electron chi connectivity index (χ3n) is 14.6. The highest BCUT2D eigenvalue weighted by atomic mass is 16.3. The molecule has 8 aliphatic rings. The van der Waals surface area contributed by atoms with E-state index in [1.807, 2.05) is 18.2 Å². The molecule has 48 heavy (non-hydrogen) atoms. The normalized spacial score (nSPS) is 51.0. The molecular weight excluding hydrogens is 608 g/mol. The first-order chi connectivity index (χ1) is 23.0. The molecule has 8 aliphatic carbocycles. The van der Waals surface area contributed by atoms with Crippen LogP contribution in [0.15, 0.2) is 46.3 Å². The second kappa shape index (κ2) is 13.2. The first-order valence-electron chi connectivity index (χ1n) is 19.3. The lowest BCUT2D eigenvalue weighted by Gasteiger charge is -2.61. The van der Waals surface area contributed by atoms with Crippen LogP contribution in [-0.2, 0) is 0 Å². The summed E-state index contributed by atoms with van der Waals surface area (Å²) in [5.74, 6) is 2.85. The van der Waals surface area contributed by atoms with Crippen LogP contribution < -0.4 is 0 Å². The summed E-state index contributed by atoms with van der Waals surface area (Å²) in [5, 5.41) is 86.5. The Hall–Kier alpha value is -1.52. The zero-order chi connectivity index (χ0) is 33.4. The quantitative estimate of drug-likeness (QED) is 0.207. The van der Waals surface area contributed by atoms with Crippen LogP contribution in [0.2, 0.25) is 0 Å². The highest BCUT2D eigenvalue weighted by Gasteiger charge is 2.57. The van der Waals surface area contributed by atoms with Crippen LogP contribution in [-0.4, -0.2) is 83.6 Å². The van der Waals surface area contributed by atoms with E-state index < -0.39 is 42.7 Å². The molecule has 3 fully saturated rings. The first-order valence-corrected chi connectivity index (χ1v) is 19.3. The van der Waals surface area contributed by atoms with Crippen molar-refractivity contribution in [2.24, 2.45) is 59.2 Å². The van der Waals surface area contributed by atoms with E-state index in [0.29, 0.717) is 87.4 Å². The highest BCUT2D eigenvalue weighted by molar-refractivity contribution is 5.38. The van der Waals surface area contributed by atoms with Crippen molar-refractivity contribution in [2.45, 2.75) is 139 Å². The molecule has 3 saturated carbocycles. The Morgan fingerprint density at radius 1 is 0.479 bits per heavy atom. The zero-order valence-electron chi connectivity index (χ0n) is 28.2. The fourth-order valence-corrected chi connectivity index (χ4v) is 13.2. The maximum Gasteiger partial charge on any atom is 0.0911 e.